The third-order valence-electron chi connectivity index (χ3n) is 4.26. The number of carbonyl (C=O) groups excluding carboxylic acids is 2. The highest BCUT2D eigenvalue weighted by Gasteiger charge is 2.27. The summed E-state index contributed by atoms with van der Waals surface area (Å²) in [6, 6.07) is 4.15. The number of nitro benzene ring substituents is 1. The van der Waals surface area contributed by atoms with E-state index in [1.165, 1.54) is 24.3 Å². The van der Waals surface area contributed by atoms with Gasteiger partial charge in [-0.15, -0.1) is 0 Å². The largest absolute Gasteiger partial charge is 0.463 e. The molecule has 2 atom stereocenters. The lowest BCUT2D eigenvalue weighted by molar-refractivity contribution is -0.384. The third kappa shape index (κ3) is 9.43. The van der Waals surface area contributed by atoms with Crippen molar-refractivity contribution in [2.45, 2.75) is 62.4 Å². The van der Waals surface area contributed by atoms with E-state index in [0.717, 1.165) is 25.7 Å². The van der Waals surface area contributed by atoms with Crippen LogP contribution >= 0.6 is 23.2 Å². The summed E-state index contributed by atoms with van der Waals surface area (Å²) >= 11 is 11.1. The second kappa shape index (κ2) is 13.3. The number of aliphatic hydroxyl groups is 1. The third-order valence-corrected chi connectivity index (χ3v) is 4.66. The zero-order chi connectivity index (χ0) is 21.8. The maximum Gasteiger partial charge on any atom is 0.305 e. The molecule has 0 radical (unpaired) electrons. The van der Waals surface area contributed by atoms with Gasteiger partial charge in [0.15, 0.2) is 4.84 Å². The molecule has 0 spiro atoms. The molecule has 0 aliphatic heterocycles. The molecule has 2 N–H and O–H groups in total. The van der Waals surface area contributed by atoms with Gasteiger partial charge in [-0.3, -0.25) is 19.7 Å². The van der Waals surface area contributed by atoms with Crippen LogP contribution < -0.4 is 5.32 Å². The zero-order valence-corrected chi connectivity index (χ0v) is 17.7. The van der Waals surface area contributed by atoms with Crippen LogP contribution in [0.15, 0.2) is 24.3 Å². The number of nitrogens with one attached hydrogen (secondary N) is 1. The number of carbonyl (C=O) groups is 2. The number of unbranched alkanes of at least 4 members (excludes halogenated alkanes) is 4. The molecule has 10 heteroatoms. The number of hydrogen-bond donors (Lipinski definition) is 2. The van der Waals surface area contributed by atoms with Gasteiger partial charge in [0.2, 0.25) is 0 Å². The van der Waals surface area contributed by atoms with Crippen LogP contribution in [0.1, 0.15) is 57.1 Å². The van der Waals surface area contributed by atoms with Gasteiger partial charge in [0.05, 0.1) is 11.0 Å². The Morgan fingerprint density at radius 1 is 1.17 bits per heavy atom. The Morgan fingerprint density at radius 3 is 2.34 bits per heavy atom. The molecule has 29 heavy (non-hydrogen) atoms. The fraction of sp³-hybridized carbons (Fsp3) is 0.579. The quantitative estimate of drug-likeness (QED) is 0.155. The number of amides is 1. The summed E-state index contributed by atoms with van der Waals surface area (Å²) in [5, 5.41) is 23.7. The fourth-order valence-corrected chi connectivity index (χ4v) is 2.74. The molecule has 0 saturated carbocycles. The van der Waals surface area contributed by atoms with Crippen LogP contribution in [-0.2, 0) is 14.3 Å². The van der Waals surface area contributed by atoms with Crippen molar-refractivity contribution in [1.29, 1.82) is 0 Å². The van der Waals surface area contributed by atoms with Crippen molar-refractivity contribution in [3.8, 4) is 0 Å². The predicted octanol–water partition coefficient (Wildman–Crippen LogP) is 3.82. The topological polar surface area (TPSA) is 119 Å². The lowest BCUT2D eigenvalue weighted by Crippen LogP contribution is -2.45. The highest BCUT2D eigenvalue weighted by molar-refractivity contribution is 6.53. The SMILES string of the molecule is CCCCCCCC(=O)OC[C@@H](NC(=O)C(Cl)Cl)[C@H](O)c1ccc([N+](=O)[O-])cc1. The van der Waals surface area contributed by atoms with Crippen molar-refractivity contribution >= 4 is 40.8 Å². The number of alkyl halides is 2. The van der Waals surface area contributed by atoms with Crippen LogP contribution in [0.5, 0.6) is 0 Å². The summed E-state index contributed by atoms with van der Waals surface area (Å²) in [5.41, 5.74) is 0.162. The van der Waals surface area contributed by atoms with Crippen LogP contribution in [0.3, 0.4) is 0 Å². The fourth-order valence-electron chi connectivity index (χ4n) is 2.61. The van der Waals surface area contributed by atoms with Crippen LogP contribution in [0.2, 0.25) is 0 Å². The number of ether oxygens (including phenoxy) is 1. The molecule has 162 valence electrons. The highest BCUT2D eigenvalue weighted by Crippen LogP contribution is 2.21. The van der Waals surface area contributed by atoms with Gasteiger partial charge >= 0.3 is 5.97 Å². The monoisotopic (exact) mass is 448 g/mol. The Kier molecular flexibility index (Phi) is 11.6. The Labute approximate surface area is 179 Å². The van der Waals surface area contributed by atoms with Gasteiger partial charge in [-0.2, -0.15) is 0 Å². The molecule has 1 aromatic rings. The Bertz CT molecular complexity index is 669. The second-order valence-corrected chi connectivity index (χ2v) is 7.65. The first-order chi connectivity index (χ1) is 13.8. The van der Waals surface area contributed by atoms with E-state index >= 15 is 0 Å². The number of non-ortho nitro benzene ring substituents is 1. The van der Waals surface area contributed by atoms with Crippen molar-refractivity contribution in [3.05, 3.63) is 39.9 Å². The van der Waals surface area contributed by atoms with Crippen molar-refractivity contribution in [2.75, 3.05) is 6.61 Å². The van der Waals surface area contributed by atoms with E-state index in [0.29, 0.717) is 12.0 Å². The first-order valence-corrected chi connectivity index (χ1v) is 10.3. The number of hydrogen-bond acceptors (Lipinski definition) is 6. The predicted molar refractivity (Wildman–Crippen MR) is 110 cm³/mol. The van der Waals surface area contributed by atoms with Gasteiger partial charge in [-0.25, -0.2) is 0 Å². The summed E-state index contributed by atoms with van der Waals surface area (Å²) in [6.07, 6.45) is 3.85. The molecule has 0 saturated heterocycles. The van der Waals surface area contributed by atoms with Gasteiger partial charge in [0.25, 0.3) is 11.6 Å². The van der Waals surface area contributed by atoms with Crippen molar-refractivity contribution in [1.82, 2.24) is 5.32 Å². The summed E-state index contributed by atoms with van der Waals surface area (Å²) in [6.45, 7) is 1.81. The van der Waals surface area contributed by atoms with Crippen LogP contribution in [0.25, 0.3) is 0 Å². The van der Waals surface area contributed by atoms with Crippen molar-refractivity contribution < 1.29 is 24.4 Å². The zero-order valence-electron chi connectivity index (χ0n) is 16.2. The van der Waals surface area contributed by atoms with Crippen molar-refractivity contribution in [2.24, 2.45) is 0 Å². The Morgan fingerprint density at radius 2 is 1.79 bits per heavy atom. The lowest BCUT2D eigenvalue weighted by atomic mass is 10.0. The van der Waals surface area contributed by atoms with Crippen LogP contribution in [-0.4, -0.2) is 39.4 Å². The van der Waals surface area contributed by atoms with E-state index in [1.807, 2.05) is 0 Å². The lowest BCUT2D eigenvalue weighted by Gasteiger charge is -2.24. The molecule has 1 rings (SSSR count). The second-order valence-electron chi connectivity index (χ2n) is 6.56. The van der Waals surface area contributed by atoms with E-state index in [1.54, 1.807) is 0 Å². The number of aliphatic hydroxyl groups excluding tert-OH is 1. The van der Waals surface area contributed by atoms with Crippen molar-refractivity contribution in [3.63, 3.8) is 0 Å². The molecular formula is C19H26Cl2N2O6. The molecule has 0 aliphatic rings. The summed E-state index contributed by atoms with van der Waals surface area (Å²) in [4.78, 5) is 32.6. The van der Waals surface area contributed by atoms with E-state index in [4.69, 9.17) is 27.9 Å². The average Bonchev–Trinajstić information content (AvgIpc) is 2.70. The summed E-state index contributed by atoms with van der Waals surface area (Å²) in [7, 11) is 0. The van der Waals surface area contributed by atoms with Crippen LogP contribution in [0.4, 0.5) is 5.69 Å². The van der Waals surface area contributed by atoms with Gasteiger partial charge in [0.1, 0.15) is 12.7 Å². The summed E-state index contributed by atoms with van der Waals surface area (Å²) < 4.78 is 5.19. The molecule has 0 heterocycles. The molecule has 0 unspecified atom stereocenters. The summed E-state index contributed by atoms with van der Waals surface area (Å²) in [5.74, 6) is -1.19. The first kappa shape index (κ1) is 25.1. The average molecular weight is 449 g/mol. The minimum atomic E-state index is -1.36. The van der Waals surface area contributed by atoms with E-state index < -0.39 is 33.8 Å². The number of nitrogens with zero attached hydrogens (tertiary/aromatic N) is 1. The maximum absolute atomic E-state index is 11.9. The first-order valence-electron chi connectivity index (χ1n) is 9.42. The normalized spacial score (nSPS) is 13.0. The minimum Gasteiger partial charge on any atom is -0.463 e. The van der Waals surface area contributed by atoms with Gasteiger partial charge < -0.3 is 15.2 Å². The molecule has 0 fully saturated rings. The van der Waals surface area contributed by atoms with Gasteiger partial charge in [0, 0.05) is 18.6 Å². The van der Waals surface area contributed by atoms with E-state index in [2.05, 4.69) is 12.2 Å². The van der Waals surface area contributed by atoms with Gasteiger partial charge in [-0.05, 0) is 24.1 Å². The number of nitro groups is 1. The number of rotatable bonds is 13. The molecular weight excluding hydrogens is 423 g/mol. The maximum atomic E-state index is 11.9. The minimum absolute atomic E-state index is 0.141. The van der Waals surface area contributed by atoms with E-state index in [9.17, 15) is 24.8 Å². The molecule has 8 nitrogen and oxygen atoms in total. The molecule has 0 aromatic heterocycles. The highest BCUT2D eigenvalue weighted by atomic mass is 35.5. The molecule has 0 bridgehead atoms. The molecule has 1 amide bonds. The number of esters is 1. The number of halogens is 2. The Hall–Kier alpha value is -1.90. The number of benzene rings is 1. The smallest absolute Gasteiger partial charge is 0.305 e. The van der Waals surface area contributed by atoms with E-state index in [-0.39, 0.29) is 18.7 Å². The molecule has 0 aliphatic carbocycles. The Balaban J connectivity index is 2.71. The molecule has 1 aromatic carbocycles. The standard InChI is InChI=1S/C19H26Cl2N2O6/c1-2-3-4-5-6-7-16(24)29-12-15(22-19(26)18(20)21)17(25)13-8-10-14(11-9-13)23(27)28/h8-11,15,17-18,25H,2-7,12H2,1H3,(H,22,26)/t15-,17-/m1/s1. The van der Waals surface area contributed by atoms with Crippen LogP contribution in [0, 0.1) is 10.1 Å². The van der Waals surface area contributed by atoms with Gasteiger partial charge in [-0.1, -0.05) is 55.8 Å².